The molecule has 1 aliphatic rings. The van der Waals surface area contributed by atoms with Gasteiger partial charge in [-0.3, -0.25) is 4.79 Å². The summed E-state index contributed by atoms with van der Waals surface area (Å²) < 4.78 is 10.8. The van der Waals surface area contributed by atoms with E-state index < -0.39 is 0 Å². The van der Waals surface area contributed by atoms with E-state index in [4.69, 9.17) is 14.6 Å². The Morgan fingerprint density at radius 3 is 3.10 bits per heavy atom. The number of hydrogen-bond acceptors (Lipinski definition) is 5. The summed E-state index contributed by atoms with van der Waals surface area (Å²) in [6.07, 6.45) is 0.402. The normalized spacial score (nSPS) is 18.2. The molecule has 1 atom stereocenters. The largest absolute Gasteiger partial charge is 0.491 e. The lowest BCUT2D eigenvalue weighted by Gasteiger charge is -2.23. The van der Waals surface area contributed by atoms with Gasteiger partial charge in [-0.2, -0.15) is 0 Å². The molecular formula is C15H22N2O4. The molecule has 1 unspecified atom stereocenters. The Kier molecular flexibility index (Phi) is 6.46. The highest BCUT2D eigenvalue weighted by atomic mass is 16.5. The number of aliphatic hydroxyl groups is 1. The van der Waals surface area contributed by atoms with E-state index in [1.54, 1.807) is 0 Å². The van der Waals surface area contributed by atoms with Crippen molar-refractivity contribution in [2.45, 2.75) is 19.0 Å². The SMILES string of the molecule is O=C(CC1COCCN1)NCc1ccccc1OCCO. The van der Waals surface area contributed by atoms with Crippen molar-refractivity contribution in [3.05, 3.63) is 29.8 Å². The molecule has 1 aliphatic heterocycles. The van der Waals surface area contributed by atoms with Crippen LogP contribution in [0.5, 0.6) is 5.75 Å². The molecule has 1 saturated heterocycles. The predicted octanol–water partition coefficient (Wildman–Crippen LogP) is 0.0524. The molecule has 2 rings (SSSR count). The van der Waals surface area contributed by atoms with Crippen molar-refractivity contribution < 1.29 is 19.4 Å². The first-order valence-electron chi connectivity index (χ1n) is 7.19. The molecular weight excluding hydrogens is 272 g/mol. The van der Waals surface area contributed by atoms with Crippen molar-refractivity contribution in [2.75, 3.05) is 33.0 Å². The minimum Gasteiger partial charge on any atom is -0.491 e. The zero-order valence-electron chi connectivity index (χ0n) is 12.0. The lowest BCUT2D eigenvalue weighted by atomic mass is 10.1. The quantitative estimate of drug-likeness (QED) is 0.662. The molecule has 0 aliphatic carbocycles. The summed E-state index contributed by atoms with van der Waals surface area (Å²) in [5.74, 6) is 0.668. The number of benzene rings is 1. The summed E-state index contributed by atoms with van der Waals surface area (Å²) in [6, 6.07) is 7.56. The maximum absolute atomic E-state index is 11.9. The second-order valence-corrected chi connectivity index (χ2v) is 4.89. The number of ether oxygens (including phenoxy) is 2. The number of hydrogen-bond donors (Lipinski definition) is 3. The minimum absolute atomic E-state index is 0.0186. The molecule has 6 nitrogen and oxygen atoms in total. The van der Waals surface area contributed by atoms with Gasteiger partial charge in [0.1, 0.15) is 12.4 Å². The van der Waals surface area contributed by atoms with Crippen LogP contribution in [0.4, 0.5) is 0 Å². The summed E-state index contributed by atoms with van der Waals surface area (Å²) in [5.41, 5.74) is 0.896. The molecule has 1 aromatic rings. The first-order valence-corrected chi connectivity index (χ1v) is 7.19. The van der Waals surface area contributed by atoms with Gasteiger partial charge in [0.15, 0.2) is 0 Å². The number of rotatable bonds is 7. The van der Waals surface area contributed by atoms with Crippen molar-refractivity contribution in [1.29, 1.82) is 0 Å². The van der Waals surface area contributed by atoms with Gasteiger partial charge in [0.2, 0.25) is 5.91 Å². The van der Waals surface area contributed by atoms with Gasteiger partial charge in [0.05, 0.1) is 19.8 Å². The summed E-state index contributed by atoms with van der Waals surface area (Å²) in [4.78, 5) is 11.9. The molecule has 3 N–H and O–H groups in total. The van der Waals surface area contributed by atoms with E-state index >= 15 is 0 Å². The number of nitrogens with one attached hydrogen (secondary N) is 2. The van der Waals surface area contributed by atoms with Crippen molar-refractivity contribution in [3.8, 4) is 5.75 Å². The van der Waals surface area contributed by atoms with Crippen molar-refractivity contribution in [2.24, 2.45) is 0 Å². The van der Waals surface area contributed by atoms with Crippen molar-refractivity contribution >= 4 is 5.91 Å². The number of amides is 1. The fraction of sp³-hybridized carbons (Fsp3) is 0.533. The van der Waals surface area contributed by atoms with Gasteiger partial charge in [0.25, 0.3) is 0 Å². The van der Waals surface area contributed by atoms with Crippen LogP contribution < -0.4 is 15.4 Å². The standard InChI is InChI=1S/C15H22N2O4/c18-6-8-21-14-4-2-1-3-12(14)10-17-15(19)9-13-11-20-7-5-16-13/h1-4,13,16,18H,5-11H2,(H,17,19). The molecule has 1 amide bonds. The van der Waals surface area contributed by atoms with Gasteiger partial charge in [-0.25, -0.2) is 0 Å². The number of morpholine rings is 1. The molecule has 0 bridgehead atoms. The van der Waals surface area contributed by atoms with Gasteiger partial charge in [0, 0.05) is 31.1 Å². The van der Waals surface area contributed by atoms with Crippen LogP contribution in [0.1, 0.15) is 12.0 Å². The third-order valence-electron chi connectivity index (χ3n) is 3.23. The third-order valence-corrected chi connectivity index (χ3v) is 3.23. The van der Waals surface area contributed by atoms with E-state index in [1.807, 2.05) is 24.3 Å². The van der Waals surface area contributed by atoms with Crippen LogP contribution in [-0.2, 0) is 16.1 Å². The van der Waals surface area contributed by atoms with Crippen LogP contribution >= 0.6 is 0 Å². The van der Waals surface area contributed by atoms with Gasteiger partial charge in [-0.05, 0) is 6.07 Å². The Morgan fingerprint density at radius 1 is 1.48 bits per heavy atom. The van der Waals surface area contributed by atoms with Crippen molar-refractivity contribution in [1.82, 2.24) is 10.6 Å². The Labute approximate surface area is 124 Å². The number of carbonyl (C=O) groups is 1. The van der Waals surface area contributed by atoms with Crippen LogP contribution in [0.25, 0.3) is 0 Å². The van der Waals surface area contributed by atoms with E-state index in [0.29, 0.717) is 31.9 Å². The third kappa shape index (κ3) is 5.34. The zero-order chi connectivity index (χ0) is 14.9. The number of carbonyl (C=O) groups excluding carboxylic acids is 1. The topological polar surface area (TPSA) is 79.8 Å². The fourth-order valence-corrected chi connectivity index (χ4v) is 2.19. The summed E-state index contributed by atoms with van der Waals surface area (Å²) in [5, 5.41) is 14.9. The zero-order valence-corrected chi connectivity index (χ0v) is 12.0. The lowest BCUT2D eigenvalue weighted by molar-refractivity contribution is -0.122. The first kappa shape index (κ1) is 15.8. The van der Waals surface area contributed by atoms with Gasteiger partial charge in [-0.1, -0.05) is 18.2 Å². The van der Waals surface area contributed by atoms with Gasteiger partial charge >= 0.3 is 0 Å². The monoisotopic (exact) mass is 294 g/mol. The Balaban J connectivity index is 1.80. The minimum atomic E-state index is -0.0337. The van der Waals surface area contributed by atoms with Crippen molar-refractivity contribution in [3.63, 3.8) is 0 Å². The average Bonchev–Trinajstić information content (AvgIpc) is 2.52. The maximum atomic E-state index is 11.9. The second-order valence-electron chi connectivity index (χ2n) is 4.89. The summed E-state index contributed by atoms with van der Waals surface area (Å²) in [6.45, 7) is 2.68. The molecule has 21 heavy (non-hydrogen) atoms. The molecule has 0 spiro atoms. The lowest BCUT2D eigenvalue weighted by Crippen LogP contribution is -2.44. The smallest absolute Gasteiger partial charge is 0.221 e. The highest BCUT2D eigenvalue weighted by Gasteiger charge is 2.16. The molecule has 116 valence electrons. The molecule has 1 heterocycles. The predicted molar refractivity (Wildman–Crippen MR) is 78.1 cm³/mol. The molecule has 0 aromatic heterocycles. The van der Waals surface area contributed by atoms with Crippen LogP contribution in [-0.4, -0.2) is 50.0 Å². The van der Waals surface area contributed by atoms with Crippen LogP contribution in [0.15, 0.2) is 24.3 Å². The van der Waals surface area contributed by atoms with Crippen LogP contribution in [0.3, 0.4) is 0 Å². The molecule has 6 heteroatoms. The molecule has 1 aromatic carbocycles. The fourth-order valence-electron chi connectivity index (χ4n) is 2.19. The summed E-state index contributed by atoms with van der Waals surface area (Å²) in [7, 11) is 0. The van der Waals surface area contributed by atoms with E-state index in [-0.39, 0.29) is 25.2 Å². The van der Waals surface area contributed by atoms with E-state index in [2.05, 4.69) is 10.6 Å². The Bertz CT molecular complexity index is 447. The Hall–Kier alpha value is -1.63. The first-order chi connectivity index (χ1) is 10.3. The highest BCUT2D eigenvalue weighted by molar-refractivity contribution is 5.76. The van der Waals surface area contributed by atoms with Gasteiger partial charge in [-0.15, -0.1) is 0 Å². The number of para-hydroxylation sites is 1. The van der Waals surface area contributed by atoms with E-state index in [1.165, 1.54) is 0 Å². The number of aliphatic hydroxyl groups excluding tert-OH is 1. The Morgan fingerprint density at radius 2 is 2.33 bits per heavy atom. The van der Waals surface area contributed by atoms with Crippen LogP contribution in [0, 0.1) is 0 Å². The second kappa shape index (κ2) is 8.61. The van der Waals surface area contributed by atoms with Gasteiger partial charge < -0.3 is 25.2 Å². The maximum Gasteiger partial charge on any atom is 0.221 e. The highest BCUT2D eigenvalue weighted by Crippen LogP contribution is 2.17. The molecule has 1 fully saturated rings. The van der Waals surface area contributed by atoms with E-state index in [0.717, 1.165) is 12.1 Å². The van der Waals surface area contributed by atoms with Crippen LogP contribution in [0.2, 0.25) is 0 Å². The summed E-state index contributed by atoms with van der Waals surface area (Å²) >= 11 is 0. The van der Waals surface area contributed by atoms with E-state index in [9.17, 15) is 4.79 Å². The molecule has 0 radical (unpaired) electrons. The average molecular weight is 294 g/mol. The molecule has 0 saturated carbocycles.